The number of amides is 1. The van der Waals surface area contributed by atoms with Gasteiger partial charge in [-0.25, -0.2) is 0 Å². The second-order valence-corrected chi connectivity index (χ2v) is 5.98. The Kier molecular flexibility index (Phi) is 5.26. The van der Waals surface area contributed by atoms with Crippen LogP contribution in [0.1, 0.15) is 12.5 Å². The molecule has 1 amide bonds. The Morgan fingerprint density at radius 3 is 2.76 bits per heavy atom. The first-order chi connectivity index (χ1) is 9.95. The van der Waals surface area contributed by atoms with E-state index in [1.54, 1.807) is 31.2 Å². The van der Waals surface area contributed by atoms with E-state index in [1.165, 1.54) is 0 Å². The van der Waals surface area contributed by atoms with Crippen LogP contribution in [-0.4, -0.2) is 12.0 Å². The van der Waals surface area contributed by atoms with Gasteiger partial charge in [0.15, 0.2) is 6.10 Å². The van der Waals surface area contributed by atoms with Gasteiger partial charge in [0.1, 0.15) is 5.75 Å². The zero-order chi connectivity index (χ0) is 15.4. The molecule has 0 saturated heterocycles. The summed E-state index contributed by atoms with van der Waals surface area (Å²) < 4.78 is 6.42. The number of hydrogen-bond donors (Lipinski definition) is 1. The molecule has 1 atom stereocenters. The highest BCUT2D eigenvalue weighted by molar-refractivity contribution is 9.10. The van der Waals surface area contributed by atoms with Crippen molar-refractivity contribution < 1.29 is 9.53 Å². The molecule has 0 radical (unpaired) electrons. The number of ether oxygens (including phenoxy) is 1. The molecule has 2 aromatic carbocycles. The molecular weight excluding hydrogens is 354 g/mol. The minimum Gasteiger partial charge on any atom is -0.481 e. The summed E-state index contributed by atoms with van der Waals surface area (Å²) in [7, 11) is 0. The van der Waals surface area contributed by atoms with Gasteiger partial charge < -0.3 is 10.1 Å². The minimum absolute atomic E-state index is 0.221. The van der Waals surface area contributed by atoms with Crippen molar-refractivity contribution in [2.24, 2.45) is 0 Å². The van der Waals surface area contributed by atoms with Gasteiger partial charge in [-0.2, -0.15) is 0 Å². The summed E-state index contributed by atoms with van der Waals surface area (Å²) in [6, 6.07) is 12.7. The van der Waals surface area contributed by atoms with Crippen LogP contribution in [0.25, 0.3) is 0 Å². The molecule has 21 heavy (non-hydrogen) atoms. The predicted molar refractivity (Wildman–Crippen MR) is 89.1 cm³/mol. The van der Waals surface area contributed by atoms with E-state index < -0.39 is 6.10 Å². The van der Waals surface area contributed by atoms with Gasteiger partial charge in [0.05, 0.1) is 5.69 Å². The minimum atomic E-state index is -0.629. The van der Waals surface area contributed by atoms with Crippen molar-refractivity contribution in [3.8, 4) is 5.75 Å². The Morgan fingerprint density at radius 1 is 1.29 bits per heavy atom. The third-order valence-electron chi connectivity index (χ3n) is 2.86. The molecule has 2 rings (SSSR count). The van der Waals surface area contributed by atoms with Crippen LogP contribution < -0.4 is 10.1 Å². The third-order valence-corrected chi connectivity index (χ3v) is 3.78. The molecule has 0 saturated carbocycles. The zero-order valence-corrected chi connectivity index (χ0v) is 14.0. The molecule has 2 aromatic rings. The predicted octanol–water partition coefficient (Wildman–Crippen LogP) is 4.82. The second kappa shape index (κ2) is 6.96. The van der Waals surface area contributed by atoms with Crippen LogP contribution in [0.2, 0.25) is 5.02 Å². The maximum atomic E-state index is 12.2. The average molecular weight is 369 g/mol. The summed E-state index contributed by atoms with van der Waals surface area (Å²) in [6.07, 6.45) is -0.629. The van der Waals surface area contributed by atoms with Crippen LogP contribution >= 0.6 is 27.5 Å². The fourth-order valence-electron chi connectivity index (χ4n) is 1.77. The van der Waals surface area contributed by atoms with Crippen LogP contribution in [-0.2, 0) is 4.79 Å². The Balaban J connectivity index is 2.04. The number of halogens is 2. The van der Waals surface area contributed by atoms with Crippen LogP contribution in [0.5, 0.6) is 5.75 Å². The van der Waals surface area contributed by atoms with Crippen molar-refractivity contribution in [3.05, 3.63) is 57.5 Å². The Hall–Kier alpha value is -1.52. The summed E-state index contributed by atoms with van der Waals surface area (Å²) in [5.41, 5.74) is 1.79. The maximum absolute atomic E-state index is 12.2. The van der Waals surface area contributed by atoms with E-state index in [1.807, 2.05) is 25.1 Å². The topological polar surface area (TPSA) is 38.3 Å². The molecule has 0 aliphatic heterocycles. The van der Waals surface area contributed by atoms with E-state index in [0.29, 0.717) is 10.8 Å². The largest absolute Gasteiger partial charge is 0.481 e. The van der Waals surface area contributed by atoms with Gasteiger partial charge in [-0.05, 0) is 65.7 Å². The van der Waals surface area contributed by atoms with Crippen LogP contribution in [0.3, 0.4) is 0 Å². The fraction of sp³-hybridized carbons (Fsp3) is 0.188. The van der Waals surface area contributed by atoms with Crippen LogP contribution in [0, 0.1) is 6.92 Å². The smallest absolute Gasteiger partial charge is 0.265 e. The summed E-state index contributed by atoms with van der Waals surface area (Å²) in [4.78, 5) is 12.2. The van der Waals surface area contributed by atoms with Gasteiger partial charge >= 0.3 is 0 Å². The average Bonchev–Trinajstić information content (AvgIpc) is 2.43. The number of aryl methyl sites for hydroxylation is 1. The number of rotatable bonds is 4. The highest BCUT2D eigenvalue weighted by atomic mass is 79.9. The van der Waals surface area contributed by atoms with Gasteiger partial charge in [-0.15, -0.1) is 0 Å². The Labute approximate surface area is 137 Å². The molecule has 0 fully saturated rings. The molecule has 0 bridgehead atoms. The summed E-state index contributed by atoms with van der Waals surface area (Å²) in [6.45, 7) is 3.66. The molecular formula is C16H15BrClNO2. The second-order valence-electron chi connectivity index (χ2n) is 4.69. The first-order valence-corrected chi connectivity index (χ1v) is 7.62. The summed E-state index contributed by atoms with van der Waals surface area (Å²) in [5.74, 6) is 0.342. The van der Waals surface area contributed by atoms with Crippen molar-refractivity contribution in [1.82, 2.24) is 0 Å². The lowest BCUT2D eigenvalue weighted by Crippen LogP contribution is -2.30. The molecule has 110 valence electrons. The lowest BCUT2D eigenvalue weighted by molar-refractivity contribution is -0.122. The Bertz CT molecular complexity index is 660. The van der Waals surface area contributed by atoms with E-state index >= 15 is 0 Å². The first-order valence-electron chi connectivity index (χ1n) is 6.45. The normalized spacial score (nSPS) is 11.8. The van der Waals surface area contributed by atoms with Crippen molar-refractivity contribution in [2.75, 3.05) is 5.32 Å². The maximum Gasteiger partial charge on any atom is 0.265 e. The first kappa shape index (κ1) is 15.9. The highest BCUT2D eigenvalue weighted by Gasteiger charge is 2.16. The van der Waals surface area contributed by atoms with Gasteiger partial charge in [0.25, 0.3) is 5.91 Å². The monoisotopic (exact) mass is 367 g/mol. The molecule has 0 spiro atoms. The standard InChI is InChI=1S/C16H15BrClNO2/c1-10-6-7-14(17)15(8-10)19-16(20)11(2)21-13-5-3-4-12(18)9-13/h3-9,11H,1-2H3,(H,19,20). The van der Waals surface area contributed by atoms with Crippen molar-refractivity contribution in [3.63, 3.8) is 0 Å². The number of benzene rings is 2. The molecule has 5 heteroatoms. The number of carbonyl (C=O) groups is 1. The molecule has 0 aromatic heterocycles. The summed E-state index contributed by atoms with van der Waals surface area (Å²) in [5, 5.41) is 3.41. The quantitative estimate of drug-likeness (QED) is 0.840. The molecule has 3 nitrogen and oxygen atoms in total. The Morgan fingerprint density at radius 2 is 2.05 bits per heavy atom. The van der Waals surface area contributed by atoms with Gasteiger partial charge in [-0.3, -0.25) is 4.79 Å². The molecule has 0 aliphatic rings. The van der Waals surface area contributed by atoms with E-state index in [9.17, 15) is 4.79 Å². The van der Waals surface area contributed by atoms with Crippen LogP contribution in [0.4, 0.5) is 5.69 Å². The van der Waals surface area contributed by atoms with Crippen molar-refractivity contribution >= 4 is 39.1 Å². The van der Waals surface area contributed by atoms with E-state index in [-0.39, 0.29) is 5.91 Å². The van der Waals surface area contributed by atoms with Crippen molar-refractivity contribution in [1.29, 1.82) is 0 Å². The molecule has 1 N–H and O–H groups in total. The van der Waals surface area contributed by atoms with Gasteiger partial charge in [0.2, 0.25) is 0 Å². The number of hydrogen-bond acceptors (Lipinski definition) is 2. The van der Waals surface area contributed by atoms with E-state index in [4.69, 9.17) is 16.3 Å². The number of anilines is 1. The highest BCUT2D eigenvalue weighted by Crippen LogP contribution is 2.24. The molecule has 0 aliphatic carbocycles. The zero-order valence-electron chi connectivity index (χ0n) is 11.7. The van der Waals surface area contributed by atoms with E-state index in [0.717, 1.165) is 15.7 Å². The van der Waals surface area contributed by atoms with Crippen LogP contribution in [0.15, 0.2) is 46.9 Å². The lowest BCUT2D eigenvalue weighted by Gasteiger charge is -2.16. The SMILES string of the molecule is Cc1ccc(Br)c(NC(=O)C(C)Oc2cccc(Cl)c2)c1. The summed E-state index contributed by atoms with van der Waals surface area (Å²) >= 11 is 9.30. The fourth-order valence-corrected chi connectivity index (χ4v) is 2.29. The van der Waals surface area contributed by atoms with E-state index in [2.05, 4.69) is 21.2 Å². The number of nitrogens with one attached hydrogen (secondary N) is 1. The number of carbonyl (C=O) groups excluding carboxylic acids is 1. The third kappa shape index (κ3) is 4.48. The molecule has 0 heterocycles. The van der Waals surface area contributed by atoms with Gasteiger partial charge in [-0.1, -0.05) is 23.7 Å². The lowest BCUT2D eigenvalue weighted by atomic mass is 10.2. The molecule has 1 unspecified atom stereocenters. The van der Waals surface area contributed by atoms with Gasteiger partial charge in [0, 0.05) is 9.50 Å². The van der Waals surface area contributed by atoms with Crippen molar-refractivity contribution in [2.45, 2.75) is 20.0 Å².